The van der Waals surface area contributed by atoms with Crippen molar-refractivity contribution in [3.63, 3.8) is 0 Å². The van der Waals surface area contributed by atoms with E-state index in [-0.39, 0.29) is 5.92 Å². The Bertz CT molecular complexity index is 693. The van der Waals surface area contributed by atoms with Crippen LogP contribution in [0.5, 0.6) is 0 Å². The summed E-state index contributed by atoms with van der Waals surface area (Å²) in [4.78, 5) is 0.349. The fourth-order valence-corrected chi connectivity index (χ4v) is 3.70. The molecule has 0 aliphatic rings. The van der Waals surface area contributed by atoms with Crippen molar-refractivity contribution in [1.29, 1.82) is 0 Å². The van der Waals surface area contributed by atoms with Gasteiger partial charge in [-0.05, 0) is 23.9 Å². The third-order valence-electron chi connectivity index (χ3n) is 3.41. The Morgan fingerprint density at radius 1 is 1.15 bits per heavy atom. The van der Waals surface area contributed by atoms with Crippen LogP contribution in [0.3, 0.4) is 0 Å². The summed E-state index contributed by atoms with van der Waals surface area (Å²) in [5.41, 5.74) is 5.57. The zero-order chi connectivity index (χ0) is 14.8. The molecule has 0 radical (unpaired) electrons. The van der Waals surface area contributed by atoms with Gasteiger partial charge in [0.25, 0.3) is 0 Å². The van der Waals surface area contributed by atoms with Crippen molar-refractivity contribution < 1.29 is 8.42 Å². The number of benzene rings is 2. The number of fused-ring (bicyclic) bond motifs is 1. The van der Waals surface area contributed by atoms with Crippen molar-refractivity contribution in [2.45, 2.75) is 11.8 Å². The van der Waals surface area contributed by atoms with E-state index < -0.39 is 10.0 Å². The zero-order valence-electron chi connectivity index (χ0n) is 11.8. The first-order valence-corrected chi connectivity index (χ1v) is 8.05. The molecule has 108 valence electrons. The normalized spacial score (nSPS) is 13.8. The average Bonchev–Trinajstić information content (AvgIpc) is 2.46. The van der Waals surface area contributed by atoms with Crippen LogP contribution in [0.1, 0.15) is 6.92 Å². The first-order chi connectivity index (χ1) is 9.46. The first kappa shape index (κ1) is 15.0. The largest absolute Gasteiger partial charge is 0.330 e. The minimum atomic E-state index is -3.49. The van der Waals surface area contributed by atoms with Gasteiger partial charge in [0.2, 0.25) is 10.0 Å². The van der Waals surface area contributed by atoms with Crippen LogP contribution in [0.2, 0.25) is 0 Å². The van der Waals surface area contributed by atoms with Crippen molar-refractivity contribution >= 4 is 20.8 Å². The minimum Gasteiger partial charge on any atom is -0.330 e. The van der Waals surface area contributed by atoms with Crippen LogP contribution in [0.25, 0.3) is 10.8 Å². The maximum absolute atomic E-state index is 12.7. The highest BCUT2D eigenvalue weighted by molar-refractivity contribution is 7.89. The summed E-state index contributed by atoms with van der Waals surface area (Å²) >= 11 is 0. The summed E-state index contributed by atoms with van der Waals surface area (Å²) in [6.07, 6.45) is 0. The maximum Gasteiger partial charge on any atom is 0.243 e. The summed E-state index contributed by atoms with van der Waals surface area (Å²) in [6.45, 7) is 2.83. The van der Waals surface area contributed by atoms with E-state index in [0.717, 1.165) is 10.8 Å². The lowest BCUT2D eigenvalue weighted by atomic mass is 10.1. The molecule has 5 heteroatoms. The van der Waals surface area contributed by atoms with Crippen LogP contribution in [0.4, 0.5) is 0 Å². The van der Waals surface area contributed by atoms with Gasteiger partial charge in [0.1, 0.15) is 0 Å². The molecule has 0 fully saturated rings. The lowest BCUT2D eigenvalue weighted by molar-refractivity contribution is 0.405. The van der Waals surface area contributed by atoms with Crippen molar-refractivity contribution in [2.75, 3.05) is 20.1 Å². The molecule has 2 rings (SSSR count). The quantitative estimate of drug-likeness (QED) is 0.917. The summed E-state index contributed by atoms with van der Waals surface area (Å²) < 4.78 is 26.7. The number of sulfonamides is 1. The van der Waals surface area contributed by atoms with Gasteiger partial charge in [0.15, 0.2) is 0 Å². The van der Waals surface area contributed by atoms with Crippen LogP contribution >= 0.6 is 0 Å². The second-order valence-corrected chi connectivity index (χ2v) is 7.12. The standard InChI is InChI=1S/C15H20N2O2S/c1-12(10-16)11-17(2)20(18,19)15-9-5-7-13-6-3-4-8-14(13)15/h3-9,12H,10-11,16H2,1-2H3. The lowest BCUT2D eigenvalue weighted by Crippen LogP contribution is -2.33. The fraction of sp³-hybridized carbons (Fsp3) is 0.333. The molecule has 20 heavy (non-hydrogen) atoms. The third-order valence-corrected chi connectivity index (χ3v) is 5.29. The van der Waals surface area contributed by atoms with Gasteiger partial charge in [0, 0.05) is 19.0 Å². The van der Waals surface area contributed by atoms with E-state index in [2.05, 4.69) is 0 Å². The molecule has 4 nitrogen and oxygen atoms in total. The predicted octanol–water partition coefficient (Wildman–Crippen LogP) is 2.06. The van der Waals surface area contributed by atoms with E-state index in [9.17, 15) is 8.42 Å². The molecule has 0 spiro atoms. The van der Waals surface area contributed by atoms with E-state index >= 15 is 0 Å². The number of nitrogens with two attached hydrogens (primary N) is 1. The SMILES string of the molecule is CC(CN)CN(C)S(=O)(=O)c1cccc2ccccc12. The van der Waals surface area contributed by atoms with Crippen LogP contribution < -0.4 is 5.73 Å². The van der Waals surface area contributed by atoms with Gasteiger partial charge in [-0.1, -0.05) is 43.3 Å². The van der Waals surface area contributed by atoms with E-state index in [1.165, 1.54) is 4.31 Å². The number of rotatable bonds is 5. The highest BCUT2D eigenvalue weighted by Crippen LogP contribution is 2.25. The maximum atomic E-state index is 12.7. The van der Waals surface area contributed by atoms with Gasteiger partial charge in [-0.25, -0.2) is 12.7 Å². The molecular formula is C15H20N2O2S. The van der Waals surface area contributed by atoms with Gasteiger partial charge in [-0.3, -0.25) is 0 Å². The summed E-state index contributed by atoms with van der Waals surface area (Å²) in [5.74, 6) is 0.129. The van der Waals surface area contributed by atoms with Crippen LogP contribution in [0.15, 0.2) is 47.4 Å². The first-order valence-electron chi connectivity index (χ1n) is 6.61. The van der Waals surface area contributed by atoms with Gasteiger partial charge in [-0.2, -0.15) is 0 Å². The Morgan fingerprint density at radius 3 is 2.50 bits per heavy atom. The van der Waals surface area contributed by atoms with Crippen LogP contribution in [-0.2, 0) is 10.0 Å². The molecule has 0 heterocycles. The highest BCUT2D eigenvalue weighted by atomic mass is 32.2. The second kappa shape index (κ2) is 5.91. The Kier molecular flexibility index (Phi) is 4.42. The van der Waals surface area contributed by atoms with Crippen molar-refractivity contribution in [3.05, 3.63) is 42.5 Å². The number of hydrogen-bond acceptors (Lipinski definition) is 3. The Morgan fingerprint density at radius 2 is 1.80 bits per heavy atom. The second-order valence-electron chi connectivity index (χ2n) is 5.10. The monoisotopic (exact) mass is 292 g/mol. The molecule has 1 unspecified atom stereocenters. The van der Waals surface area contributed by atoms with Gasteiger partial charge < -0.3 is 5.73 Å². The topological polar surface area (TPSA) is 63.4 Å². The molecular weight excluding hydrogens is 272 g/mol. The molecule has 2 aromatic carbocycles. The summed E-state index contributed by atoms with van der Waals surface area (Å²) in [7, 11) is -1.89. The van der Waals surface area contributed by atoms with E-state index in [1.54, 1.807) is 19.2 Å². The third kappa shape index (κ3) is 2.85. The van der Waals surface area contributed by atoms with Gasteiger partial charge in [-0.15, -0.1) is 0 Å². The summed E-state index contributed by atoms with van der Waals surface area (Å²) in [5, 5.41) is 1.68. The van der Waals surface area contributed by atoms with Crippen LogP contribution in [-0.4, -0.2) is 32.9 Å². The molecule has 0 aromatic heterocycles. The molecule has 0 aliphatic heterocycles. The molecule has 0 bridgehead atoms. The molecule has 0 amide bonds. The smallest absolute Gasteiger partial charge is 0.243 e. The fourth-order valence-electron chi connectivity index (χ4n) is 2.20. The van der Waals surface area contributed by atoms with Crippen molar-refractivity contribution in [3.8, 4) is 0 Å². The Labute approximate surface area is 120 Å². The summed E-state index contributed by atoms with van der Waals surface area (Å²) in [6, 6.07) is 12.8. The predicted molar refractivity (Wildman–Crippen MR) is 82.0 cm³/mol. The van der Waals surface area contributed by atoms with E-state index in [4.69, 9.17) is 5.73 Å². The van der Waals surface area contributed by atoms with E-state index in [1.807, 2.05) is 37.3 Å². The Hall–Kier alpha value is -1.43. The average molecular weight is 292 g/mol. The van der Waals surface area contributed by atoms with Crippen molar-refractivity contribution in [1.82, 2.24) is 4.31 Å². The molecule has 0 aliphatic carbocycles. The molecule has 2 aromatic rings. The molecule has 2 N–H and O–H groups in total. The minimum absolute atomic E-state index is 0.129. The van der Waals surface area contributed by atoms with Gasteiger partial charge in [0.05, 0.1) is 4.90 Å². The number of hydrogen-bond donors (Lipinski definition) is 1. The molecule has 0 saturated carbocycles. The van der Waals surface area contributed by atoms with E-state index in [0.29, 0.717) is 18.0 Å². The lowest BCUT2D eigenvalue weighted by Gasteiger charge is -2.21. The Balaban J connectivity index is 2.47. The van der Waals surface area contributed by atoms with Crippen molar-refractivity contribution in [2.24, 2.45) is 11.7 Å². The zero-order valence-corrected chi connectivity index (χ0v) is 12.6. The molecule has 1 atom stereocenters. The highest BCUT2D eigenvalue weighted by Gasteiger charge is 2.23. The molecule has 0 saturated heterocycles. The van der Waals surface area contributed by atoms with Gasteiger partial charge >= 0.3 is 0 Å². The van der Waals surface area contributed by atoms with Crippen LogP contribution in [0, 0.1) is 5.92 Å². The number of nitrogens with zero attached hydrogens (tertiary/aromatic N) is 1.